The number of para-hydroxylation sites is 1. The standard InChI is InChI=1S/C26H19FN2O7/c1-35-22-13-16(8-11-21(22)36-14-15-6-9-17(10-7-15)25(32)33)12-18-23(30)28-26(34)29(24(18)31)20-5-3-2-4-19(20)27/h2-13H,14H2,1H3,(H,32,33)(H,28,30,34)/p-1/b18-12+. The smallest absolute Gasteiger partial charge is 0.336 e. The van der Waals surface area contributed by atoms with Gasteiger partial charge in [-0.2, -0.15) is 0 Å². The van der Waals surface area contributed by atoms with E-state index < -0.39 is 29.6 Å². The number of carbonyl (C=O) groups excluding carboxylic acids is 4. The van der Waals surface area contributed by atoms with Crippen molar-refractivity contribution in [2.45, 2.75) is 6.61 Å². The Hall–Kier alpha value is -4.99. The number of nitrogens with one attached hydrogen (secondary N) is 1. The van der Waals surface area contributed by atoms with Gasteiger partial charge < -0.3 is 19.4 Å². The molecule has 1 N–H and O–H groups in total. The molecule has 3 aromatic carbocycles. The van der Waals surface area contributed by atoms with Crippen LogP contribution in [0.5, 0.6) is 11.5 Å². The summed E-state index contributed by atoms with van der Waals surface area (Å²) in [5.41, 5.74) is 0.480. The molecule has 0 bridgehead atoms. The number of amides is 4. The molecule has 182 valence electrons. The predicted molar refractivity (Wildman–Crippen MR) is 124 cm³/mol. The number of anilines is 1. The maximum absolute atomic E-state index is 14.2. The van der Waals surface area contributed by atoms with Gasteiger partial charge in [0.25, 0.3) is 11.8 Å². The number of benzene rings is 3. The zero-order valence-corrected chi connectivity index (χ0v) is 18.8. The number of methoxy groups -OCH3 is 1. The number of carbonyl (C=O) groups is 4. The molecule has 4 rings (SSSR count). The number of ether oxygens (including phenoxy) is 2. The van der Waals surface area contributed by atoms with Gasteiger partial charge in [-0.25, -0.2) is 14.1 Å². The molecule has 3 aromatic rings. The zero-order valence-electron chi connectivity index (χ0n) is 18.8. The second kappa shape index (κ2) is 10.1. The largest absolute Gasteiger partial charge is 0.545 e. The number of carboxylic acids is 1. The summed E-state index contributed by atoms with van der Waals surface area (Å²) < 4.78 is 25.3. The molecule has 0 aromatic heterocycles. The fraction of sp³-hybridized carbons (Fsp3) is 0.0769. The fourth-order valence-corrected chi connectivity index (χ4v) is 3.47. The molecular formula is C26H18FN2O7-. The van der Waals surface area contributed by atoms with Crippen LogP contribution in [0.15, 0.2) is 72.3 Å². The molecular weight excluding hydrogens is 471 g/mol. The van der Waals surface area contributed by atoms with Crippen LogP contribution in [0.1, 0.15) is 21.5 Å². The molecule has 1 saturated heterocycles. The first-order valence-electron chi connectivity index (χ1n) is 10.6. The summed E-state index contributed by atoms with van der Waals surface area (Å²) in [5.74, 6) is -3.33. The number of aromatic carboxylic acids is 1. The highest BCUT2D eigenvalue weighted by Gasteiger charge is 2.37. The van der Waals surface area contributed by atoms with Gasteiger partial charge in [-0.05, 0) is 47.0 Å². The number of hydrogen-bond acceptors (Lipinski definition) is 7. The summed E-state index contributed by atoms with van der Waals surface area (Å²) in [6.07, 6.45) is 1.25. The van der Waals surface area contributed by atoms with E-state index in [-0.39, 0.29) is 23.4 Å². The molecule has 0 radical (unpaired) electrons. The van der Waals surface area contributed by atoms with Crippen LogP contribution in [-0.2, 0) is 16.2 Å². The Kier molecular flexibility index (Phi) is 6.77. The third kappa shape index (κ3) is 4.92. The first kappa shape index (κ1) is 24.1. The number of rotatable bonds is 7. The Morgan fingerprint density at radius 1 is 1.03 bits per heavy atom. The molecule has 9 nitrogen and oxygen atoms in total. The van der Waals surface area contributed by atoms with Crippen molar-refractivity contribution >= 4 is 35.6 Å². The van der Waals surface area contributed by atoms with E-state index in [1.165, 1.54) is 49.6 Å². The number of nitrogens with zero attached hydrogens (tertiary/aromatic N) is 1. The van der Waals surface area contributed by atoms with Gasteiger partial charge in [0.1, 0.15) is 18.0 Å². The number of halogens is 1. The first-order valence-corrected chi connectivity index (χ1v) is 10.6. The van der Waals surface area contributed by atoms with Crippen LogP contribution in [0.25, 0.3) is 6.08 Å². The Balaban J connectivity index is 1.57. The van der Waals surface area contributed by atoms with E-state index in [4.69, 9.17) is 9.47 Å². The number of imide groups is 2. The second-order valence-corrected chi connectivity index (χ2v) is 7.59. The van der Waals surface area contributed by atoms with Gasteiger partial charge in [0.2, 0.25) is 0 Å². The van der Waals surface area contributed by atoms with Crippen molar-refractivity contribution in [3.8, 4) is 11.5 Å². The van der Waals surface area contributed by atoms with E-state index in [1.807, 2.05) is 5.32 Å². The topological polar surface area (TPSA) is 125 Å². The number of urea groups is 1. The number of hydrogen-bond donors (Lipinski definition) is 1. The Morgan fingerprint density at radius 2 is 1.75 bits per heavy atom. The molecule has 0 atom stereocenters. The maximum Gasteiger partial charge on any atom is 0.336 e. The lowest BCUT2D eigenvalue weighted by atomic mass is 10.1. The van der Waals surface area contributed by atoms with E-state index in [0.717, 1.165) is 6.07 Å². The molecule has 0 unspecified atom stereocenters. The van der Waals surface area contributed by atoms with Gasteiger partial charge in [0, 0.05) is 0 Å². The Morgan fingerprint density at radius 3 is 2.42 bits per heavy atom. The Labute approximate surface area is 204 Å². The van der Waals surface area contributed by atoms with Crippen LogP contribution in [0.4, 0.5) is 14.9 Å². The van der Waals surface area contributed by atoms with Crippen molar-refractivity contribution in [3.63, 3.8) is 0 Å². The molecule has 0 aliphatic carbocycles. The average molecular weight is 489 g/mol. The Bertz CT molecular complexity index is 1400. The van der Waals surface area contributed by atoms with Gasteiger partial charge in [-0.3, -0.25) is 14.9 Å². The minimum absolute atomic E-state index is 0.0466. The molecule has 1 fully saturated rings. The fourth-order valence-electron chi connectivity index (χ4n) is 3.47. The van der Waals surface area contributed by atoms with Gasteiger partial charge in [0.15, 0.2) is 11.5 Å². The lowest BCUT2D eigenvalue weighted by Gasteiger charge is -2.26. The van der Waals surface area contributed by atoms with Crippen LogP contribution in [0.3, 0.4) is 0 Å². The predicted octanol–water partition coefficient (Wildman–Crippen LogP) is 2.44. The van der Waals surface area contributed by atoms with Crippen molar-refractivity contribution in [1.29, 1.82) is 0 Å². The van der Waals surface area contributed by atoms with Crippen molar-refractivity contribution < 1.29 is 38.1 Å². The minimum Gasteiger partial charge on any atom is -0.545 e. The third-order valence-electron chi connectivity index (χ3n) is 5.28. The summed E-state index contributed by atoms with van der Waals surface area (Å²) in [7, 11) is 1.41. The summed E-state index contributed by atoms with van der Waals surface area (Å²) in [6, 6.07) is 14.8. The summed E-state index contributed by atoms with van der Waals surface area (Å²) in [4.78, 5) is 49.0. The number of barbiturate groups is 1. The molecule has 36 heavy (non-hydrogen) atoms. The normalized spacial score (nSPS) is 14.6. The van der Waals surface area contributed by atoms with E-state index in [9.17, 15) is 28.7 Å². The van der Waals surface area contributed by atoms with E-state index in [1.54, 1.807) is 24.3 Å². The van der Waals surface area contributed by atoms with Gasteiger partial charge in [0.05, 0.1) is 18.8 Å². The summed E-state index contributed by atoms with van der Waals surface area (Å²) in [5, 5.41) is 12.9. The maximum atomic E-state index is 14.2. The zero-order chi connectivity index (χ0) is 25.8. The van der Waals surface area contributed by atoms with Crippen molar-refractivity contribution in [1.82, 2.24) is 5.32 Å². The van der Waals surface area contributed by atoms with E-state index >= 15 is 0 Å². The van der Waals surface area contributed by atoms with Crippen LogP contribution in [0.2, 0.25) is 0 Å². The second-order valence-electron chi connectivity index (χ2n) is 7.59. The molecule has 1 heterocycles. The van der Waals surface area contributed by atoms with Crippen LogP contribution in [0, 0.1) is 5.82 Å². The van der Waals surface area contributed by atoms with Gasteiger partial charge in [-0.1, -0.05) is 42.5 Å². The van der Waals surface area contributed by atoms with Crippen molar-refractivity contribution in [2.75, 3.05) is 12.0 Å². The lowest BCUT2D eigenvalue weighted by Crippen LogP contribution is -2.54. The minimum atomic E-state index is -1.28. The molecule has 10 heteroatoms. The van der Waals surface area contributed by atoms with Crippen LogP contribution >= 0.6 is 0 Å². The van der Waals surface area contributed by atoms with Gasteiger partial charge in [-0.15, -0.1) is 0 Å². The molecule has 4 amide bonds. The first-order chi connectivity index (χ1) is 17.3. The highest BCUT2D eigenvalue weighted by atomic mass is 19.1. The SMILES string of the molecule is COc1cc(/C=C2\C(=O)NC(=O)N(c3ccccc3F)C2=O)ccc1OCc1ccc(C(=O)[O-])cc1. The van der Waals surface area contributed by atoms with E-state index in [2.05, 4.69) is 0 Å². The quantitative estimate of drug-likeness (QED) is 0.399. The lowest BCUT2D eigenvalue weighted by molar-refractivity contribution is -0.255. The average Bonchev–Trinajstić information content (AvgIpc) is 2.86. The van der Waals surface area contributed by atoms with Gasteiger partial charge >= 0.3 is 6.03 Å². The number of carboxylic acid groups (broad SMARTS) is 1. The van der Waals surface area contributed by atoms with Crippen molar-refractivity contribution in [2.24, 2.45) is 0 Å². The van der Waals surface area contributed by atoms with Crippen LogP contribution < -0.4 is 24.8 Å². The molecule has 0 saturated carbocycles. The van der Waals surface area contributed by atoms with Crippen LogP contribution in [-0.4, -0.2) is 30.9 Å². The molecule has 0 spiro atoms. The molecule has 1 aliphatic rings. The summed E-state index contributed by atoms with van der Waals surface area (Å²) >= 11 is 0. The highest BCUT2D eigenvalue weighted by molar-refractivity contribution is 6.39. The monoisotopic (exact) mass is 489 g/mol. The third-order valence-corrected chi connectivity index (χ3v) is 5.28. The van der Waals surface area contributed by atoms with Crippen molar-refractivity contribution in [3.05, 3.63) is 94.8 Å². The summed E-state index contributed by atoms with van der Waals surface area (Å²) in [6.45, 7) is 0.116. The van der Waals surface area contributed by atoms with E-state index in [0.29, 0.717) is 27.5 Å². The highest BCUT2D eigenvalue weighted by Crippen LogP contribution is 2.31. The molecule has 1 aliphatic heterocycles.